The molecule has 7 heteroatoms. The summed E-state index contributed by atoms with van der Waals surface area (Å²) in [6.07, 6.45) is 0. The first-order chi connectivity index (χ1) is 9.54. The Morgan fingerprint density at radius 3 is 2.75 bits per heavy atom. The second kappa shape index (κ2) is 6.65. The highest BCUT2D eigenvalue weighted by Crippen LogP contribution is 2.22. The summed E-state index contributed by atoms with van der Waals surface area (Å²) < 4.78 is 34.2. The third-order valence-corrected chi connectivity index (χ3v) is 4.42. The van der Waals surface area contributed by atoms with E-state index in [1.54, 1.807) is 4.57 Å². The second-order valence-corrected chi connectivity index (χ2v) is 7.99. The molecule has 1 radical (unpaired) electrons. The molecule has 109 valence electrons. The maximum Gasteiger partial charge on any atom is 0.186 e. The molecule has 0 bridgehead atoms. The van der Waals surface area contributed by atoms with Gasteiger partial charge in [-0.2, -0.15) is 0 Å². The van der Waals surface area contributed by atoms with Gasteiger partial charge < -0.3 is 9.30 Å². The number of benzene rings is 1. The van der Waals surface area contributed by atoms with Crippen LogP contribution in [0.3, 0.4) is 0 Å². The van der Waals surface area contributed by atoms with Crippen LogP contribution < -0.4 is 0 Å². The summed E-state index contributed by atoms with van der Waals surface area (Å²) in [5, 5.41) is 0. The summed E-state index contributed by atoms with van der Waals surface area (Å²) in [4.78, 5) is 4.05. The normalized spacial score (nSPS) is 11.7. The number of hydrogen-bond acceptors (Lipinski definition) is 2. The van der Waals surface area contributed by atoms with Gasteiger partial charge in [-0.05, 0) is 18.2 Å². The monoisotopic (exact) mass is 317 g/mol. The number of ether oxygens (including phenoxy) is 1. The SMILES string of the molecule is C[Si](C)CCOCn1c(CCl)nc2c(F)c(F)ccc21. The molecule has 0 aliphatic rings. The first-order valence-corrected chi connectivity index (χ1v) is 9.54. The zero-order valence-corrected chi connectivity index (χ0v) is 13.2. The van der Waals surface area contributed by atoms with E-state index in [0.717, 1.165) is 12.1 Å². The summed E-state index contributed by atoms with van der Waals surface area (Å²) in [5.41, 5.74) is 0.498. The van der Waals surface area contributed by atoms with Crippen LogP contribution in [0.2, 0.25) is 19.1 Å². The van der Waals surface area contributed by atoms with Gasteiger partial charge in [0.05, 0.1) is 11.4 Å². The van der Waals surface area contributed by atoms with E-state index in [2.05, 4.69) is 18.1 Å². The standard InChI is InChI=1S/C13H16ClF2N2OSi/c1-20(2)6-5-19-8-18-10-4-3-9(15)12(16)13(10)17-11(18)7-14/h3-4H,5-8H2,1-2H3. The Hall–Kier alpha value is -0.983. The molecule has 3 nitrogen and oxygen atoms in total. The molecule has 0 spiro atoms. The Morgan fingerprint density at radius 2 is 2.10 bits per heavy atom. The van der Waals surface area contributed by atoms with Gasteiger partial charge in [0.25, 0.3) is 0 Å². The fraction of sp³-hybridized carbons (Fsp3) is 0.462. The largest absolute Gasteiger partial charge is 0.361 e. The fourth-order valence-electron chi connectivity index (χ4n) is 1.86. The number of nitrogens with zero attached hydrogens (tertiary/aromatic N) is 2. The van der Waals surface area contributed by atoms with E-state index in [1.807, 2.05) is 0 Å². The van der Waals surface area contributed by atoms with Crippen molar-refractivity contribution in [3.63, 3.8) is 0 Å². The number of hydrogen-bond donors (Lipinski definition) is 0. The Labute approximate surface area is 123 Å². The molecule has 0 N–H and O–H groups in total. The van der Waals surface area contributed by atoms with Gasteiger partial charge in [-0.15, -0.1) is 11.6 Å². The Kier molecular flexibility index (Phi) is 5.12. The topological polar surface area (TPSA) is 27.1 Å². The maximum absolute atomic E-state index is 13.7. The molecule has 0 aliphatic heterocycles. The Morgan fingerprint density at radius 1 is 1.35 bits per heavy atom. The average molecular weight is 318 g/mol. The summed E-state index contributed by atoms with van der Waals surface area (Å²) in [7, 11) is -0.330. The van der Waals surface area contributed by atoms with Crippen molar-refractivity contribution in [3.05, 3.63) is 29.6 Å². The minimum absolute atomic E-state index is 0.0000143. The molecule has 0 saturated heterocycles. The van der Waals surface area contributed by atoms with Gasteiger partial charge in [0.1, 0.15) is 18.1 Å². The van der Waals surface area contributed by atoms with E-state index in [0.29, 0.717) is 17.9 Å². The molecule has 0 fully saturated rings. The summed E-state index contributed by atoms with van der Waals surface area (Å²) >= 11 is 5.81. The number of imidazole rings is 1. The minimum atomic E-state index is -0.944. The van der Waals surface area contributed by atoms with Crippen LogP contribution >= 0.6 is 11.6 Å². The van der Waals surface area contributed by atoms with Crippen LogP contribution in [-0.2, 0) is 17.3 Å². The highest BCUT2D eigenvalue weighted by Gasteiger charge is 2.16. The summed E-state index contributed by atoms with van der Waals surface area (Å²) in [6, 6.07) is 3.62. The predicted molar refractivity (Wildman–Crippen MR) is 77.4 cm³/mol. The van der Waals surface area contributed by atoms with E-state index in [9.17, 15) is 8.78 Å². The smallest absolute Gasteiger partial charge is 0.186 e. The van der Waals surface area contributed by atoms with Crippen molar-refractivity contribution in [1.82, 2.24) is 9.55 Å². The van der Waals surface area contributed by atoms with Gasteiger partial charge in [-0.25, -0.2) is 13.8 Å². The lowest BCUT2D eigenvalue weighted by Crippen LogP contribution is -2.10. The Bertz CT molecular complexity index is 604. The highest BCUT2D eigenvalue weighted by atomic mass is 35.5. The summed E-state index contributed by atoms with van der Waals surface area (Å²) in [6.45, 7) is 5.32. The first kappa shape index (κ1) is 15.4. The fourth-order valence-corrected chi connectivity index (χ4v) is 2.62. The zero-order chi connectivity index (χ0) is 14.7. The van der Waals surface area contributed by atoms with Crippen LogP contribution in [0, 0.1) is 11.6 Å². The molecule has 0 saturated carbocycles. The number of aromatic nitrogens is 2. The minimum Gasteiger partial charge on any atom is -0.361 e. The molecule has 0 unspecified atom stereocenters. The van der Waals surface area contributed by atoms with E-state index >= 15 is 0 Å². The summed E-state index contributed by atoms with van der Waals surface area (Å²) in [5.74, 6) is -1.26. The van der Waals surface area contributed by atoms with Crippen molar-refractivity contribution in [3.8, 4) is 0 Å². The van der Waals surface area contributed by atoms with Gasteiger partial charge in [-0.3, -0.25) is 0 Å². The highest BCUT2D eigenvalue weighted by molar-refractivity contribution is 6.55. The predicted octanol–water partition coefficient (Wildman–Crippen LogP) is 3.78. The molecule has 2 rings (SSSR count). The molecule has 1 aromatic heterocycles. The van der Waals surface area contributed by atoms with Crippen molar-refractivity contribution in [2.24, 2.45) is 0 Å². The molecule has 0 amide bonds. The van der Waals surface area contributed by atoms with E-state index in [-0.39, 0.29) is 26.9 Å². The molecule has 0 atom stereocenters. The maximum atomic E-state index is 13.7. The van der Waals surface area contributed by atoms with Crippen molar-refractivity contribution < 1.29 is 13.5 Å². The van der Waals surface area contributed by atoms with Gasteiger partial charge in [0.2, 0.25) is 0 Å². The lowest BCUT2D eigenvalue weighted by Gasteiger charge is -2.09. The van der Waals surface area contributed by atoms with Gasteiger partial charge in [-0.1, -0.05) is 13.1 Å². The Balaban J connectivity index is 2.25. The number of rotatable bonds is 6. The molecule has 0 aliphatic carbocycles. The molecule has 1 aromatic carbocycles. The van der Waals surface area contributed by atoms with Crippen molar-refractivity contribution >= 4 is 31.4 Å². The van der Waals surface area contributed by atoms with Crippen molar-refractivity contribution in [2.45, 2.75) is 31.7 Å². The van der Waals surface area contributed by atoms with Gasteiger partial charge in [0, 0.05) is 15.4 Å². The van der Waals surface area contributed by atoms with Gasteiger partial charge in [0.15, 0.2) is 11.6 Å². The molecule has 1 heterocycles. The quantitative estimate of drug-likeness (QED) is 0.460. The van der Waals surface area contributed by atoms with Crippen LogP contribution in [0.1, 0.15) is 5.82 Å². The number of halogens is 3. The molecule has 2 aromatic rings. The third kappa shape index (κ3) is 3.19. The van der Waals surface area contributed by atoms with E-state index < -0.39 is 11.6 Å². The van der Waals surface area contributed by atoms with Crippen LogP contribution in [-0.4, -0.2) is 25.0 Å². The first-order valence-electron chi connectivity index (χ1n) is 6.30. The van der Waals surface area contributed by atoms with Crippen LogP contribution in [0.25, 0.3) is 11.0 Å². The third-order valence-electron chi connectivity index (χ3n) is 2.98. The zero-order valence-electron chi connectivity index (χ0n) is 11.4. The lowest BCUT2D eigenvalue weighted by molar-refractivity contribution is 0.0887. The number of fused-ring (bicyclic) bond motifs is 1. The van der Waals surface area contributed by atoms with Crippen molar-refractivity contribution in [1.29, 1.82) is 0 Å². The van der Waals surface area contributed by atoms with E-state index in [4.69, 9.17) is 16.3 Å². The number of alkyl halides is 1. The van der Waals surface area contributed by atoms with Crippen LogP contribution in [0.15, 0.2) is 12.1 Å². The molecular weight excluding hydrogens is 302 g/mol. The van der Waals surface area contributed by atoms with Crippen LogP contribution in [0.5, 0.6) is 0 Å². The van der Waals surface area contributed by atoms with Crippen LogP contribution in [0.4, 0.5) is 8.78 Å². The lowest BCUT2D eigenvalue weighted by atomic mass is 10.3. The van der Waals surface area contributed by atoms with Gasteiger partial charge >= 0.3 is 0 Å². The molecular formula is C13H16ClF2N2OSi. The van der Waals surface area contributed by atoms with Crippen molar-refractivity contribution in [2.75, 3.05) is 6.61 Å². The van der Waals surface area contributed by atoms with E-state index in [1.165, 1.54) is 6.07 Å². The molecule has 20 heavy (non-hydrogen) atoms. The average Bonchev–Trinajstić information content (AvgIpc) is 2.77. The second-order valence-electron chi connectivity index (χ2n) is 4.81.